The van der Waals surface area contributed by atoms with Gasteiger partial charge in [0, 0.05) is 5.75 Å². The van der Waals surface area contributed by atoms with E-state index in [-0.39, 0.29) is 6.04 Å². The lowest BCUT2D eigenvalue weighted by Gasteiger charge is -2.25. The van der Waals surface area contributed by atoms with E-state index in [2.05, 4.69) is 33.6 Å². The lowest BCUT2D eigenvalue weighted by atomic mass is 9.98. The molecule has 2 heterocycles. The molecule has 0 spiro atoms. The molecule has 1 unspecified atom stereocenters. The molecule has 0 aliphatic carbocycles. The standard InChI is InChI=1S/C19H16N6S/c20-11-15-16(14-9-5-2-6-10-14)25-18(22-17(15)21)23-19(24-25)26-12-13-7-3-1-4-8-13/h1-10,16H,12,21H2,(H,22,23,24). The Morgan fingerprint density at radius 3 is 2.50 bits per heavy atom. The van der Waals surface area contributed by atoms with Crippen LogP contribution >= 0.6 is 11.8 Å². The lowest BCUT2D eigenvalue weighted by molar-refractivity contribution is 0.574. The monoisotopic (exact) mass is 360 g/mol. The molecule has 1 aliphatic heterocycles. The van der Waals surface area contributed by atoms with Gasteiger partial charge in [0.15, 0.2) is 0 Å². The summed E-state index contributed by atoms with van der Waals surface area (Å²) in [7, 11) is 0. The Morgan fingerprint density at radius 1 is 1.12 bits per heavy atom. The predicted octanol–water partition coefficient (Wildman–Crippen LogP) is 3.28. The van der Waals surface area contributed by atoms with Crippen molar-refractivity contribution >= 4 is 17.7 Å². The van der Waals surface area contributed by atoms with Crippen LogP contribution in [0, 0.1) is 11.3 Å². The highest BCUT2D eigenvalue weighted by molar-refractivity contribution is 7.98. The van der Waals surface area contributed by atoms with E-state index in [1.165, 1.54) is 5.56 Å². The number of hydrogen-bond donors (Lipinski definition) is 2. The zero-order valence-electron chi connectivity index (χ0n) is 13.8. The smallest absolute Gasteiger partial charge is 0.228 e. The highest BCUT2D eigenvalue weighted by atomic mass is 32.2. The maximum absolute atomic E-state index is 9.58. The normalized spacial score (nSPS) is 15.9. The van der Waals surface area contributed by atoms with Crippen molar-refractivity contribution in [3.05, 3.63) is 83.2 Å². The molecule has 0 bridgehead atoms. The van der Waals surface area contributed by atoms with Gasteiger partial charge in [0.2, 0.25) is 11.1 Å². The van der Waals surface area contributed by atoms with Gasteiger partial charge in [-0.15, -0.1) is 5.10 Å². The molecule has 3 N–H and O–H groups in total. The molecule has 4 rings (SSSR count). The highest BCUT2D eigenvalue weighted by Gasteiger charge is 2.31. The van der Waals surface area contributed by atoms with Crippen molar-refractivity contribution in [1.82, 2.24) is 14.8 Å². The molecule has 2 aromatic carbocycles. The molecule has 0 saturated heterocycles. The second kappa shape index (κ2) is 6.94. The summed E-state index contributed by atoms with van der Waals surface area (Å²) in [5, 5.41) is 17.8. The molecule has 1 aromatic heterocycles. The Balaban J connectivity index is 1.67. The molecule has 1 atom stereocenters. The number of aromatic nitrogens is 3. The number of hydrogen-bond acceptors (Lipinski definition) is 6. The summed E-state index contributed by atoms with van der Waals surface area (Å²) in [6.45, 7) is 0. The first-order valence-corrected chi connectivity index (χ1v) is 9.10. The summed E-state index contributed by atoms with van der Waals surface area (Å²) >= 11 is 1.55. The fourth-order valence-electron chi connectivity index (χ4n) is 2.87. The van der Waals surface area contributed by atoms with Gasteiger partial charge in [0.05, 0.1) is 5.57 Å². The summed E-state index contributed by atoms with van der Waals surface area (Å²) in [6.07, 6.45) is 0. The lowest BCUT2D eigenvalue weighted by Crippen LogP contribution is -2.28. The van der Waals surface area contributed by atoms with E-state index in [0.717, 1.165) is 11.3 Å². The summed E-state index contributed by atoms with van der Waals surface area (Å²) in [4.78, 5) is 4.54. The van der Waals surface area contributed by atoms with E-state index in [1.54, 1.807) is 16.4 Å². The number of anilines is 1. The van der Waals surface area contributed by atoms with Crippen molar-refractivity contribution < 1.29 is 0 Å². The van der Waals surface area contributed by atoms with Gasteiger partial charge < -0.3 is 11.1 Å². The molecule has 1 aliphatic rings. The Kier molecular flexibility index (Phi) is 4.33. The minimum absolute atomic E-state index is 0.320. The fourth-order valence-corrected chi connectivity index (χ4v) is 3.66. The molecule has 26 heavy (non-hydrogen) atoms. The molecule has 3 aromatic rings. The van der Waals surface area contributed by atoms with Gasteiger partial charge in [-0.05, 0) is 11.1 Å². The van der Waals surface area contributed by atoms with Crippen LogP contribution in [-0.2, 0) is 5.75 Å². The number of nitrogens with two attached hydrogens (primary N) is 1. The van der Waals surface area contributed by atoms with Crippen LogP contribution in [0.4, 0.5) is 5.95 Å². The van der Waals surface area contributed by atoms with Crippen LogP contribution in [0.5, 0.6) is 0 Å². The van der Waals surface area contributed by atoms with Crippen LogP contribution in [-0.4, -0.2) is 14.8 Å². The SMILES string of the molecule is N#CC1=C(N)Nc2nc(SCc3ccccc3)nn2C1c1ccccc1. The van der Waals surface area contributed by atoms with Crippen molar-refractivity contribution in [3.63, 3.8) is 0 Å². The fraction of sp³-hybridized carbons (Fsp3) is 0.105. The summed E-state index contributed by atoms with van der Waals surface area (Å²) in [5.74, 6) is 1.64. The second-order valence-electron chi connectivity index (χ2n) is 5.81. The molecule has 0 amide bonds. The van der Waals surface area contributed by atoms with Gasteiger partial charge >= 0.3 is 0 Å². The molecule has 128 valence electrons. The van der Waals surface area contributed by atoms with Crippen molar-refractivity contribution in [2.24, 2.45) is 5.73 Å². The Bertz CT molecular complexity index is 988. The Morgan fingerprint density at radius 2 is 1.81 bits per heavy atom. The second-order valence-corrected chi connectivity index (χ2v) is 6.76. The number of thioether (sulfide) groups is 1. The maximum Gasteiger partial charge on any atom is 0.228 e. The number of nitriles is 1. The van der Waals surface area contributed by atoms with Gasteiger partial charge in [-0.1, -0.05) is 72.4 Å². The van der Waals surface area contributed by atoms with Crippen molar-refractivity contribution in [3.8, 4) is 6.07 Å². The van der Waals surface area contributed by atoms with Crippen LogP contribution < -0.4 is 11.1 Å². The van der Waals surface area contributed by atoms with E-state index in [1.807, 2.05) is 48.5 Å². The Labute approximate surface area is 155 Å². The van der Waals surface area contributed by atoms with Crippen LogP contribution in [0.25, 0.3) is 0 Å². The Hall–Kier alpha value is -3.24. The first kappa shape index (κ1) is 16.2. The predicted molar refractivity (Wildman–Crippen MR) is 101 cm³/mol. The van der Waals surface area contributed by atoms with Gasteiger partial charge in [-0.25, -0.2) is 4.68 Å². The third kappa shape index (κ3) is 3.03. The molecule has 7 heteroatoms. The van der Waals surface area contributed by atoms with Crippen LogP contribution in [0.15, 0.2) is 77.2 Å². The van der Waals surface area contributed by atoms with Gasteiger partial charge in [0.1, 0.15) is 17.9 Å². The van der Waals surface area contributed by atoms with Crippen molar-refractivity contribution in [2.75, 3.05) is 5.32 Å². The summed E-state index contributed by atoms with van der Waals surface area (Å²) in [5.41, 5.74) is 8.65. The highest BCUT2D eigenvalue weighted by Crippen LogP contribution is 2.34. The van der Waals surface area contributed by atoms with Crippen LogP contribution in [0.1, 0.15) is 17.2 Å². The zero-order chi connectivity index (χ0) is 17.9. The largest absolute Gasteiger partial charge is 0.384 e. The molecular weight excluding hydrogens is 344 g/mol. The molecule has 0 saturated carbocycles. The van der Waals surface area contributed by atoms with E-state index < -0.39 is 0 Å². The van der Waals surface area contributed by atoms with Crippen molar-refractivity contribution in [2.45, 2.75) is 17.0 Å². The summed E-state index contributed by atoms with van der Waals surface area (Å²) in [6, 6.07) is 21.7. The molecule has 0 radical (unpaired) electrons. The van der Waals surface area contributed by atoms with Crippen molar-refractivity contribution in [1.29, 1.82) is 5.26 Å². The van der Waals surface area contributed by atoms with E-state index in [9.17, 15) is 5.26 Å². The van der Waals surface area contributed by atoms with Gasteiger partial charge in [0.25, 0.3) is 0 Å². The quantitative estimate of drug-likeness (QED) is 0.694. The first-order valence-electron chi connectivity index (χ1n) is 8.11. The minimum atomic E-state index is -0.379. The number of fused-ring (bicyclic) bond motifs is 1. The van der Waals surface area contributed by atoms with Gasteiger partial charge in [-0.2, -0.15) is 10.2 Å². The van der Waals surface area contributed by atoms with Crippen LogP contribution in [0.3, 0.4) is 0 Å². The molecular formula is C19H16N6S. The molecule has 0 fully saturated rings. The van der Waals surface area contributed by atoms with E-state index in [0.29, 0.717) is 22.5 Å². The zero-order valence-corrected chi connectivity index (χ0v) is 14.6. The average Bonchev–Trinajstić information content (AvgIpc) is 3.09. The van der Waals surface area contributed by atoms with Crippen LogP contribution in [0.2, 0.25) is 0 Å². The third-order valence-corrected chi connectivity index (χ3v) is 5.02. The average molecular weight is 360 g/mol. The summed E-state index contributed by atoms with van der Waals surface area (Å²) < 4.78 is 1.73. The van der Waals surface area contributed by atoms with E-state index in [4.69, 9.17) is 5.73 Å². The number of nitrogens with zero attached hydrogens (tertiary/aromatic N) is 4. The van der Waals surface area contributed by atoms with E-state index >= 15 is 0 Å². The topological polar surface area (TPSA) is 92.6 Å². The van der Waals surface area contributed by atoms with Gasteiger partial charge in [-0.3, -0.25) is 0 Å². The minimum Gasteiger partial charge on any atom is -0.384 e. The number of benzene rings is 2. The number of allylic oxidation sites excluding steroid dienone is 1. The maximum atomic E-state index is 9.58. The molecule has 6 nitrogen and oxygen atoms in total. The first-order chi connectivity index (χ1) is 12.8. The number of rotatable bonds is 4. The number of nitrogens with one attached hydrogen (secondary N) is 1. The third-order valence-electron chi connectivity index (χ3n) is 4.11.